The van der Waals surface area contributed by atoms with Gasteiger partial charge >= 0.3 is 0 Å². The van der Waals surface area contributed by atoms with Crippen molar-refractivity contribution in [1.29, 1.82) is 0 Å². The molecule has 13 heavy (non-hydrogen) atoms. The van der Waals surface area contributed by atoms with Crippen molar-refractivity contribution in [2.45, 2.75) is 32.8 Å². The normalized spacial score (nSPS) is 12.8. The van der Waals surface area contributed by atoms with Gasteiger partial charge < -0.3 is 10.1 Å². The average molecular weight is 181 g/mol. The summed E-state index contributed by atoms with van der Waals surface area (Å²) in [6.45, 7) is 3.70. The van der Waals surface area contributed by atoms with Crippen LogP contribution in [0, 0.1) is 0 Å². The Kier molecular flexibility index (Phi) is 3.25. The van der Waals surface area contributed by atoms with E-state index in [2.05, 4.69) is 4.98 Å². The van der Waals surface area contributed by atoms with Crippen molar-refractivity contribution in [1.82, 2.24) is 4.98 Å². The zero-order valence-electron chi connectivity index (χ0n) is 8.00. The summed E-state index contributed by atoms with van der Waals surface area (Å²) >= 11 is 0. The number of aliphatic hydroxyl groups excluding tert-OH is 1. The molecule has 0 aliphatic heterocycles. The van der Waals surface area contributed by atoms with Gasteiger partial charge in [-0.1, -0.05) is 13.8 Å². The van der Waals surface area contributed by atoms with E-state index in [1.807, 2.05) is 13.8 Å². The molecule has 0 radical (unpaired) electrons. The van der Waals surface area contributed by atoms with Crippen LogP contribution < -0.4 is 0 Å². The summed E-state index contributed by atoms with van der Waals surface area (Å²) in [7, 11) is 0. The van der Waals surface area contributed by atoms with Gasteiger partial charge in [0, 0.05) is 18.2 Å². The van der Waals surface area contributed by atoms with E-state index in [0.717, 1.165) is 0 Å². The molecule has 2 N–H and O–H groups in total. The Balaban J connectivity index is 2.95. The van der Waals surface area contributed by atoms with E-state index in [4.69, 9.17) is 0 Å². The van der Waals surface area contributed by atoms with Crippen LogP contribution >= 0.6 is 0 Å². The summed E-state index contributed by atoms with van der Waals surface area (Å²) < 4.78 is 0. The van der Waals surface area contributed by atoms with Gasteiger partial charge in [0.05, 0.1) is 11.8 Å². The molecule has 0 bridgehead atoms. The first-order chi connectivity index (χ1) is 6.20. The topological polar surface area (TPSA) is 53.1 Å². The largest absolute Gasteiger partial charge is 0.388 e. The van der Waals surface area contributed by atoms with E-state index in [9.17, 15) is 9.90 Å². The molecule has 0 saturated carbocycles. The maximum absolute atomic E-state index is 11.4. The standard InChI is InChI=1S/C10H15NO2/c1-3-8(12)7-5-6-11-10(7)9(13)4-2/h5-6,8,11-12H,3-4H2,1-2H3. The third-order valence-electron chi connectivity index (χ3n) is 2.12. The molecule has 3 nitrogen and oxygen atoms in total. The van der Waals surface area contributed by atoms with Crippen molar-refractivity contribution in [3.63, 3.8) is 0 Å². The molecule has 1 aromatic heterocycles. The van der Waals surface area contributed by atoms with Gasteiger partial charge in [-0.3, -0.25) is 4.79 Å². The van der Waals surface area contributed by atoms with Gasteiger partial charge in [0.25, 0.3) is 0 Å². The molecule has 0 aliphatic rings. The average Bonchev–Trinajstić information content (AvgIpc) is 2.63. The zero-order chi connectivity index (χ0) is 9.84. The number of hydrogen-bond donors (Lipinski definition) is 2. The van der Waals surface area contributed by atoms with Gasteiger partial charge in [-0.2, -0.15) is 0 Å². The molecule has 1 unspecified atom stereocenters. The van der Waals surface area contributed by atoms with E-state index in [0.29, 0.717) is 24.1 Å². The number of Topliss-reactive ketones (excluding diaryl/α,β-unsaturated/α-hetero) is 1. The highest BCUT2D eigenvalue weighted by Gasteiger charge is 2.15. The number of aliphatic hydroxyl groups is 1. The van der Waals surface area contributed by atoms with Crippen LogP contribution in [0.5, 0.6) is 0 Å². The van der Waals surface area contributed by atoms with E-state index in [1.165, 1.54) is 0 Å². The Morgan fingerprint density at radius 2 is 2.31 bits per heavy atom. The Labute approximate surface area is 77.8 Å². The third-order valence-corrected chi connectivity index (χ3v) is 2.12. The molecule has 0 spiro atoms. The molecule has 1 rings (SSSR count). The van der Waals surface area contributed by atoms with Crippen molar-refractivity contribution in [2.75, 3.05) is 0 Å². The second-order valence-electron chi connectivity index (χ2n) is 3.01. The van der Waals surface area contributed by atoms with Gasteiger partial charge in [0.1, 0.15) is 0 Å². The second kappa shape index (κ2) is 4.23. The Hall–Kier alpha value is -1.09. The Morgan fingerprint density at radius 3 is 2.85 bits per heavy atom. The molecule has 1 aromatic rings. The lowest BCUT2D eigenvalue weighted by Crippen LogP contribution is -2.04. The van der Waals surface area contributed by atoms with Crippen LogP contribution in [0.15, 0.2) is 12.3 Å². The van der Waals surface area contributed by atoms with Crippen LogP contribution in [0.2, 0.25) is 0 Å². The fraction of sp³-hybridized carbons (Fsp3) is 0.500. The van der Waals surface area contributed by atoms with Crippen LogP contribution in [-0.4, -0.2) is 15.9 Å². The number of H-pyrrole nitrogens is 1. The quantitative estimate of drug-likeness (QED) is 0.698. The molecule has 0 fully saturated rings. The Bertz CT molecular complexity index is 291. The first kappa shape index (κ1) is 9.99. The van der Waals surface area contributed by atoms with Crippen LogP contribution in [0.3, 0.4) is 0 Å². The fourth-order valence-electron chi connectivity index (χ4n) is 1.30. The minimum Gasteiger partial charge on any atom is -0.388 e. The lowest BCUT2D eigenvalue weighted by Gasteiger charge is -2.07. The fourth-order valence-corrected chi connectivity index (χ4v) is 1.30. The third kappa shape index (κ3) is 1.98. The highest BCUT2D eigenvalue weighted by molar-refractivity contribution is 5.95. The number of carbonyl (C=O) groups is 1. The zero-order valence-corrected chi connectivity index (χ0v) is 8.00. The van der Waals surface area contributed by atoms with Crippen molar-refractivity contribution in [3.05, 3.63) is 23.5 Å². The molecular formula is C10H15NO2. The molecular weight excluding hydrogens is 166 g/mol. The minimum atomic E-state index is -0.531. The van der Waals surface area contributed by atoms with Gasteiger partial charge in [0.15, 0.2) is 5.78 Å². The Morgan fingerprint density at radius 1 is 1.62 bits per heavy atom. The number of nitrogens with one attached hydrogen (secondary N) is 1. The number of rotatable bonds is 4. The van der Waals surface area contributed by atoms with Crippen molar-refractivity contribution in [3.8, 4) is 0 Å². The summed E-state index contributed by atoms with van der Waals surface area (Å²) in [5.41, 5.74) is 1.27. The van der Waals surface area contributed by atoms with Crippen LogP contribution in [0.1, 0.15) is 48.8 Å². The van der Waals surface area contributed by atoms with Gasteiger partial charge in [0.2, 0.25) is 0 Å². The maximum atomic E-state index is 11.4. The molecule has 0 aromatic carbocycles. The first-order valence-electron chi connectivity index (χ1n) is 4.59. The minimum absolute atomic E-state index is 0.0486. The predicted molar refractivity (Wildman–Crippen MR) is 50.7 cm³/mol. The summed E-state index contributed by atoms with van der Waals surface area (Å²) in [6.07, 6.45) is 2.25. The van der Waals surface area contributed by atoms with Gasteiger partial charge in [-0.25, -0.2) is 0 Å². The number of carbonyl (C=O) groups excluding carboxylic acids is 1. The van der Waals surface area contributed by atoms with Crippen LogP contribution in [-0.2, 0) is 0 Å². The first-order valence-corrected chi connectivity index (χ1v) is 4.59. The van der Waals surface area contributed by atoms with Crippen molar-refractivity contribution >= 4 is 5.78 Å². The number of aromatic nitrogens is 1. The maximum Gasteiger partial charge on any atom is 0.179 e. The van der Waals surface area contributed by atoms with E-state index < -0.39 is 6.10 Å². The van der Waals surface area contributed by atoms with Crippen molar-refractivity contribution < 1.29 is 9.90 Å². The smallest absolute Gasteiger partial charge is 0.179 e. The predicted octanol–water partition coefficient (Wildman–Crippen LogP) is 2.05. The van der Waals surface area contributed by atoms with E-state index in [-0.39, 0.29) is 5.78 Å². The molecule has 1 heterocycles. The van der Waals surface area contributed by atoms with Crippen LogP contribution in [0.25, 0.3) is 0 Å². The summed E-state index contributed by atoms with van der Waals surface area (Å²) in [5.74, 6) is 0.0486. The summed E-state index contributed by atoms with van der Waals surface area (Å²) in [6, 6.07) is 1.76. The molecule has 72 valence electrons. The molecule has 3 heteroatoms. The summed E-state index contributed by atoms with van der Waals surface area (Å²) in [5, 5.41) is 9.57. The SMILES string of the molecule is CCC(=O)c1[nH]ccc1C(O)CC. The van der Waals surface area contributed by atoms with Gasteiger partial charge in [-0.05, 0) is 12.5 Å². The van der Waals surface area contributed by atoms with Crippen molar-refractivity contribution in [2.24, 2.45) is 0 Å². The lowest BCUT2D eigenvalue weighted by atomic mass is 10.0. The number of aromatic amines is 1. The van der Waals surface area contributed by atoms with E-state index >= 15 is 0 Å². The molecule has 0 saturated heterocycles. The molecule has 0 amide bonds. The van der Waals surface area contributed by atoms with Crippen LogP contribution in [0.4, 0.5) is 0 Å². The second-order valence-corrected chi connectivity index (χ2v) is 3.01. The monoisotopic (exact) mass is 181 g/mol. The molecule has 1 atom stereocenters. The summed E-state index contributed by atoms with van der Waals surface area (Å²) in [4.78, 5) is 14.2. The lowest BCUT2D eigenvalue weighted by molar-refractivity contribution is 0.0975. The number of ketones is 1. The van der Waals surface area contributed by atoms with Gasteiger partial charge in [-0.15, -0.1) is 0 Å². The molecule has 0 aliphatic carbocycles. The highest BCUT2D eigenvalue weighted by Crippen LogP contribution is 2.20. The van der Waals surface area contributed by atoms with E-state index in [1.54, 1.807) is 12.3 Å². The number of hydrogen-bond acceptors (Lipinski definition) is 2. The highest BCUT2D eigenvalue weighted by atomic mass is 16.3.